The molecule has 2 aromatic rings. The van der Waals surface area contributed by atoms with Crippen LogP contribution in [0.5, 0.6) is 0 Å². The van der Waals surface area contributed by atoms with Crippen molar-refractivity contribution in [3.8, 4) is 0 Å². The third-order valence-corrected chi connectivity index (χ3v) is 6.00. The van der Waals surface area contributed by atoms with Crippen LogP contribution in [-0.2, 0) is 11.3 Å². The topological polar surface area (TPSA) is 23.6 Å². The van der Waals surface area contributed by atoms with Gasteiger partial charge in [-0.25, -0.2) is 4.39 Å². The van der Waals surface area contributed by atoms with Crippen LogP contribution in [0.15, 0.2) is 54.6 Å². The maximum absolute atomic E-state index is 14.9. The first-order valence-corrected chi connectivity index (χ1v) is 9.89. The zero-order chi connectivity index (χ0) is 18.8. The number of benzene rings is 2. The van der Waals surface area contributed by atoms with Gasteiger partial charge in [0.25, 0.3) is 0 Å². The average molecular weight is 366 g/mol. The Morgan fingerprint density at radius 2 is 1.74 bits per heavy atom. The van der Waals surface area contributed by atoms with Crippen LogP contribution in [0.25, 0.3) is 0 Å². The van der Waals surface area contributed by atoms with Crippen LogP contribution >= 0.6 is 0 Å². The van der Waals surface area contributed by atoms with Crippen molar-refractivity contribution in [2.75, 3.05) is 19.6 Å². The maximum Gasteiger partial charge on any atom is 0.240 e. The smallest absolute Gasteiger partial charge is 0.240 e. The summed E-state index contributed by atoms with van der Waals surface area (Å²) in [6.45, 7) is 4.61. The van der Waals surface area contributed by atoms with Crippen molar-refractivity contribution in [2.45, 2.75) is 44.4 Å². The van der Waals surface area contributed by atoms with Crippen LogP contribution in [0.3, 0.4) is 0 Å². The van der Waals surface area contributed by atoms with E-state index >= 15 is 0 Å². The first-order chi connectivity index (χ1) is 13.1. The number of alkyl halides is 1. The fraction of sp³-hybridized carbons (Fsp3) is 0.435. The van der Waals surface area contributed by atoms with Gasteiger partial charge < -0.3 is 4.90 Å². The predicted molar refractivity (Wildman–Crippen MR) is 105 cm³/mol. The van der Waals surface area contributed by atoms with E-state index in [9.17, 15) is 9.18 Å². The van der Waals surface area contributed by atoms with Gasteiger partial charge in [0.05, 0.1) is 6.04 Å². The molecule has 2 heterocycles. The van der Waals surface area contributed by atoms with Crippen molar-refractivity contribution in [1.82, 2.24) is 9.80 Å². The molecule has 3 nitrogen and oxygen atoms in total. The van der Waals surface area contributed by atoms with E-state index in [0.29, 0.717) is 13.1 Å². The van der Waals surface area contributed by atoms with E-state index in [0.717, 1.165) is 37.1 Å². The lowest BCUT2D eigenvalue weighted by Gasteiger charge is -2.37. The molecule has 2 fully saturated rings. The number of carbonyl (C=O) groups is 1. The lowest BCUT2D eigenvalue weighted by Crippen LogP contribution is -2.49. The van der Waals surface area contributed by atoms with E-state index in [4.69, 9.17) is 0 Å². The Bertz CT molecular complexity index is 777. The summed E-state index contributed by atoms with van der Waals surface area (Å²) in [5.41, 5.74) is 3.45. The van der Waals surface area contributed by atoms with Gasteiger partial charge in [-0.3, -0.25) is 9.69 Å². The van der Waals surface area contributed by atoms with Gasteiger partial charge in [-0.1, -0.05) is 60.2 Å². The lowest BCUT2D eigenvalue weighted by molar-refractivity contribution is -0.133. The molecule has 0 aliphatic carbocycles. The van der Waals surface area contributed by atoms with Crippen molar-refractivity contribution >= 4 is 5.91 Å². The minimum atomic E-state index is -0.917. The first kappa shape index (κ1) is 18.2. The Balaban J connectivity index is 1.37. The van der Waals surface area contributed by atoms with E-state index in [1.807, 2.05) is 35.2 Å². The van der Waals surface area contributed by atoms with Gasteiger partial charge in [0.2, 0.25) is 5.91 Å². The lowest BCUT2D eigenvalue weighted by atomic mass is 9.87. The van der Waals surface area contributed by atoms with Crippen LogP contribution < -0.4 is 0 Å². The number of carbonyl (C=O) groups excluding carboxylic acids is 1. The number of piperidine rings is 1. The van der Waals surface area contributed by atoms with Crippen molar-refractivity contribution in [1.29, 1.82) is 0 Å². The SMILES string of the molecule is Cc1ccc(CN2CC[C@@H](N3CCC(c4ccccc4)C(F)C3)C2=O)cc1. The summed E-state index contributed by atoms with van der Waals surface area (Å²) < 4.78 is 14.9. The first-order valence-electron chi connectivity index (χ1n) is 9.89. The van der Waals surface area contributed by atoms with Gasteiger partial charge in [0.1, 0.15) is 6.17 Å². The van der Waals surface area contributed by atoms with Gasteiger partial charge in [0.15, 0.2) is 0 Å². The summed E-state index contributed by atoms with van der Waals surface area (Å²) in [4.78, 5) is 16.9. The average Bonchev–Trinajstić information content (AvgIpc) is 3.04. The Morgan fingerprint density at radius 3 is 2.44 bits per heavy atom. The summed E-state index contributed by atoms with van der Waals surface area (Å²) >= 11 is 0. The Morgan fingerprint density at radius 1 is 1.00 bits per heavy atom. The summed E-state index contributed by atoms with van der Waals surface area (Å²) in [5, 5.41) is 0. The molecule has 0 aromatic heterocycles. The number of hydrogen-bond donors (Lipinski definition) is 0. The molecule has 2 saturated heterocycles. The quantitative estimate of drug-likeness (QED) is 0.819. The molecule has 142 valence electrons. The molecule has 0 N–H and O–H groups in total. The largest absolute Gasteiger partial charge is 0.337 e. The Labute approximate surface area is 160 Å². The summed E-state index contributed by atoms with van der Waals surface area (Å²) in [7, 11) is 0. The van der Waals surface area contributed by atoms with Gasteiger partial charge in [-0.05, 0) is 37.4 Å². The van der Waals surface area contributed by atoms with Crippen molar-refractivity contribution < 1.29 is 9.18 Å². The molecular weight excluding hydrogens is 339 g/mol. The van der Waals surface area contributed by atoms with Gasteiger partial charge in [0, 0.05) is 25.6 Å². The highest BCUT2D eigenvalue weighted by Crippen LogP contribution is 2.33. The molecule has 27 heavy (non-hydrogen) atoms. The fourth-order valence-electron chi connectivity index (χ4n) is 4.42. The van der Waals surface area contributed by atoms with E-state index in [1.54, 1.807) is 0 Å². The molecule has 2 aromatic carbocycles. The molecule has 2 aliphatic heterocycles. The van der Waals surface area contributed by atoms with Crippen LogP contribution in [0, 0.1) is 6.92 Å². The van der Waals surface area contributed by atoms with Crippen LogP contribution in [0.1, 0.15) is 35.4 Å². The van der Waals surface area contributed by atoms with Crippen molar-refractivity contribution in [3.63, 3.8) is 0 Å². The standard InChI is InChI=1S/C23H27FN2O/c1-17-7-9-18(10-8-17)15-26-14-12-22(23(26)27)25-13-11-20(21(24)16-25)19-5-3-2-4-6-19/h2-10,20-22H,11-16H2,1H3/t20?,21?,22-/m1/s1. The second kappa shape index (κ2) is 7.81. The number of likely N-dealkylation sites (tertiary alicyclic amines) is 2. The molecule has 3 atom stereocenters. The second-order valence-electron chi connectivity index (χ2n) is 7.87. The summed E-state index contributed by atoms with van der Waals surface area (Å²) in [6, 6.07) is 18.1. The maximum atomic E-state index is 14.9. The predicted octanol–water partition coefficient (Wildman–Crippen LogP) is 3.92. The second-order valence-corrected chi connectivity index (χ2v) is 7.87. The number of nitrogens with zero attached hydrogens (tertiary/aromatic N) is 2. The highest BCUT2D eigenvalue weighted by atomic mass is 19.1. The van der Waals surface area contributed by atoms with Crippen LogP contribution in [-0.4, -0.2) is 47.6 Å². The third kappa shape index (κ3) is 3.91. The van der Waals surface area contributed by atoms with Gasteiger partial charge in [-0.15, -0.1) is 0 Å². The highest BCUT2D eigenvalue weighted by molar-refractivity contribution is 5.84. The molecular formula is C23H27FN2O. The van der Waals surface area contributed by atoms with Crippen LogP contribution in [0.4, 0.5) is 4.39 Å². The zero-order valence-corrected chi connectivity index (χ0v) is 15.9. The van der Waals surface area contributed by atoms with Crippen molar-refractivity contribution in [3.05, 3.63) is 71.3 Å². The van der Waals surface area contributed by atoms with E-state index in [-0.39, 0.29) is 17.9 Å². The number of halogens is 1. The monoisotopic (exact) mass is 366 g/mol. The van der Waals surface area contributed by atoms with E-state index < -0.39 is 6.17 Å². The molecule has 1 amide bonds. The molecule has 0 bridgehead atoms. The van der Waals surface area contributed by atoms with E-state index in [1.165, 1.54) is 5.56 Å². The molecule has 2 aliphatic rings. The van der Waals surface area contributed by atoms with E-state index in [2.05, 4.69) is 36.1 Å². The summed E-state index contributed by atoms with van der Waals surface area (Å²) in [6.07, 6.45) is 0.653. The molecule has 0 saturated carbocycles. The number of amides is 1. The molecule has 0 radical (unpaired) electrons. The molecule has 0 spiro atoms. The Hall–Kier alpha value is -2.20. The van der Waals surface area contributed by atoms with Crippen LogP contribution in [0.2, 0.25) is 0 Å². The van der Waals surface area contributed by atoms with Gasteiger partial charge >= 0.3 is 0 Å². The molecule has 4 rings (SSSR count). The normalized spacial score (nSPS) is 26.5. The highest BCUT2D eigenvalue weighted by Gasteiger charge is 2.40. The summed E-state index contributed by atoms with van der Waals surface area (Å²) in [5.74, 6) is 0.101. The van der Waals surface area contributed by atoms with Gasteiger partial charge in [-0.2, -0.15) is 0 Å². The molecule has 4 heteroatoms. The van der Waals surface area contributed by atoms with Crippen molar-refractivity contribution in [2.24, 2.45) is 0 Å². The Kier molecular flexibility index (Phi) is 5.26. The number of hydrogen-bond acceptors (Lipinski definition) is 2. The third-order valence-electron chi connectivity index (χ3n) is 6.00. The number of rotatable bonds is 4. The zero-order valence-electron chi connectivity index (χ0n) is 15.9. The number of aryl methyl sites for hydroxylation is 1. The molecule has 2 unspecified atom stereocenters. The minimum absolute atomic E-state index is 0.0531. The minimum Gasteiger partial charge on any atom is -0.337 e. The fourth-order valence-corrected chi connectivity index (χ4v) is 4.42.